The number of ether oxygens (including phenoxy) is 3. The Morgan fingerprint density at radius 2 is 1.86 bits per heavy atom. The summed E-state index contributed by atoms with van der Waals surface area (Å²) in [6, 6.07) is 12.1. The van der Waals surface area contributed by atoms with Crippen molar-refractivity contribution in [3.8, 4) is 28.4 Å². The van der Waals surface area contributed by atoms with Crippen LogP contribution in [0.1, 0.15) is 37.7 Å². The molecule has 0 atom stereocenters. The van der Waals surface area contributed by atoms with Crippen LogP contribution < -0.4 is 14.2 Å². The fraction of sp³-hybridized carbons (Fsp3) is 0.458. The van der Waals surface area contributed by atoms with E-state index in [4.69, 9.17) is 14.2 Å². The first kappa shape index (κ1) is 19.6. The van der Waals surface area contributed by atoms with Crippen molar-refractivity contribution in [3.05, 3.63) is 42.0 Å². The van der Waals surface area contributed by atoms with Crippen molar-refractivity contribution < 1.29 is 19.0 Å². The van der Waals surface area contributed by atoms with Crippen LogP contribution in [0.5, 0.6) is 17.2 Å². The molecule has 0 bridgehead atoms. The van der Waals surface area contributed by atoms with Gasteiger partial charge < -0.3 is 19.1 Å². The molecule has 0 radical (unpaired) electrons. The van der Waals surface area contributed by atoms with E-state index in [0.29, 0.717) is 25.4 Å². The van der Waals surface area contributed by atoms with Gasteiger partial charge in [-0.05, 0) is 48.2 Å². The highest BCUT2D eigenvalue weighted by Crippen LogP contribution is 2.39. The summed E-state index contributed by atoms with van der Waals surface area (Å²) in [6.07, 6.45) is 5.58. The minimum Gasteiger partial charge on any atom is -0.497 e. The molecule has 1 fully saturated rings. The normalized spacial score (nSPS) is 17.1. The van der Waals surface area contributed by atoms with Crippen LogP contribution in [0.25, 0.3) is 11.1 Å². The van der Waals surface area contributed by atoms with E-state index in [2.05, 4.69) is 6.07 Å². The molecule has 0 spiro atoms. The van der Waals surface area contributed by atoms with Crippen LogP contribution in [-0.2, 0) is 11.3 Å². The summed E-state index contributed by atoms with van der Waals surface area (Å²) < 4.78 is 17.0. The van der Waals surface area contributed by atoms with E-state index >= 15 is 0 Å². The van der Waals surface area contributed by atoms with Gasteiger partial charge in [0.25, 0.3) is 0 Å². The molecule has 0 unspecified atom stereocenters. The molecule has 5 heteroatoms. The number of fused-ring (bicyclic) bond motifs is 1. The Labute approximate surface area is 172 Å². The summed E-state index contributed by atoms with van der Waals surface area (Å²) >= 11 is 0. The molecule has 0 aromatic heterocycles. The largest absolute Gasteiger partial charge is 0.497 e. The highest BCUT2D eigenvalue weighted by molar-refractivity contribution is 5.79. The maximum Gasteiger partial charge on any atom is 0.226 e. The van der Waals surface area contributed by atoms with Crippen LogP contribution in [0.2, 0.25) is 0 Å². The Kier molecular flexibility index (Phi) is 5.93. The van der Waals surface area contributed by atoms with Crippen molar-refractivity contribution in [2.45, 2.75) is 38.6 Å². The number of carbonyl (C=O) groups excluding carboxylic acids is 1. The summed E-state index contributed by atoms with van der Waals surface area (Å²) in [4.78, 5) is 15.1. The van der Waals surface area contributed by atoms with Crippen LogP contribution in [0.3, 0.4) is 0 Å². The Hall–Kier alpha value is -2.69. The lowest BCUT2D eigenvalue weighted by Crippen LogP contribution is -2.37. The van der Waals surface area contributed by atoms with Gasteiger partial charge in [-0.15, -0.1) is 0 Å². The van der Waals surface area contributed by atoms with Gasteiger partial charge in [-0.3, -0.25) is 4.79 Å². The summed E-state index contributed by atoms with van der Waals surface area (Å²) in [7, 11) is 3.32. The van der Waals surface area contributed by atoms with Gasteiger partial charge in [0.15, 0.2) is 11.5 Å². The molecular weight excluding hydrogens is 366 g/mol. The van der Waals surface area contributed by atoms with Crippen molar-refractivity contribution in [2.24, 2.45) is 5.92 Å². The van der Waals surface area contributed by atoms with Crippen molar-refractivity contribution in [1.82, 2.24) is 4.90 Å². The number of amides is 1. The SMILES string of the molecule is COc1cccc(-c2cc3c(c(OC)c2)OCCN(C(=O)C2CCCCC2)C3)c1. The monoisotopic (exact) mass is 395 g/mol. The minimum atomic E-state index is 0.161. The van der Waals surface area contributed by atoms with Crippen molar-refractivity contribution in [2.75, 3.05) is 27.4 Å². The van der Waals surface area contributed by atoms with Crippen molar-refractivity contribution in [3.63, 3.8) is 0 Å². The van der Waals surface area contributed by atoms with E-state index < -0.39 is 0 Å². The minimum absolute atomic E-state index is 0.161. The van der Waals surface area contributed by atoms with Gasteiger partial charge in [-0.1, -0.05) is 31.4 Å². The first-order chi connectivity index (χ1) is 14.2. The molecule has 1 aliphatic carbocycles. The predicted octanol–water partition coefficient (Wildman–Crippen LogP) is 4.67. The summed E-state index contributed by atoms with van der Waals surface area (Å²) in [5.74, 6) is 2.69. The maximum absolute atomic E-state index is 13.1. The molecule has 1 heterocycles. The number of benzene rings is 2. The van der Waals surface area contributed by atoms with Crippen LogP contribution in [0, 0.1) is 5.92 Å². The number of rotatable bonds is 4. The molecule has 4 rings (SSSR count). The van der Waals surface area contributed by atoms with Crippen LogP contribution in [0.15, 0.2) is 36.4 Å². The third-order valence-corrected chi connectivity index (χ3v) is 5.99. The average Bonchev–Trinajstić information content (AvgIpc) is 3.01. The van der Waals surface area contributed by atoms with Gasteiger partial charge in [0.2, 0.25) is 5.91 Å². The van der Waals surface area contributed by atoms with Crippen molar-refractivity contribution in [1.29, 1.82) is 0 Å². The van der Waals surface area contributed by atoms with Gasteiger partial charge in [0, 0.05) is 18.0 Å². The van der Waals surface area contributed by atoms with E-state index in [-0.39, 0.29) is 11.8 Å². The molecule has 1 amide bonds. The fourth-order valence-electron chi connectivity index (χ4n) is 4.40. The van der Waals surface area contributed by atoms with Gasteiger partial charge >= 0.3 is 0 Å². The molecule has 2 aromatic rings. The standard InChI is InChI=1S/C24H29NO4/c1-27-21-10-6-9-18(14-21)19-13-20-16-25(24(26)17-7-4-3-5-8-17)11-12-29-23(20)22(15-19)28-2/h6,9-10,13-15,17H,3-5,7-8,11-12,16H2,1-2H3. The summed E-state index contributed by atoms with van der Waals surface area (Å²) in [6.45, 7) is 1.65. The smallest absolute Gasteiger partial charge is 0.226 e. The third-order valence-electron chi connectivity index (χ3n) is 5.99. The Bertz CT molecular complexity index is 873. The first-order valence-corrected chi connectivity index (χ1v) is 10.5. The van der Waals surface area contributed by atoms with Gasteiger partial charge in [0.1, 0.15) is 12.4 Å². The van der Waals surface area contributed by atoms with Gasteiger partial charge in [-0.25, -0.2) is 0 Å². The highest BCUT2D eigenvalue weighted by Gasteiger charge is 2.29. The molecule has 1 saturated carbocycles. The lowest BCUT2D eigenvalue weighted by molar-refractivity contribution is -0.137. The number of nitrogens with zero attached hydrogens (tertiary/aromatic N) is 1. The third kappa shape index (κ3) is 4.19. The maximum atomic E-state index is 13.1. The topological polar surface area (TPSA) is 48.0 Å². The molecule has 2 aromatic carbocycles. The molecule has 0 saturated heterocycles. The molecule has 5 nitrogen and oxygen atoms in total. The fourth-order valence-corrected chi connectivity index (χ4v) is 4.40. The van der Waals surface area contributed by atoms with E-state index in [9.17, 15) is 4.79 Å². The molecule has 1 aliphatic heterocycles. The number of methoxy groups -OCH3 is 2. The van der Waals surface area contributed by atoms with E-state index in [1.54, 1.807) is 14.2 Å². The number of carbonyl (C=O) groups is 1. The molecular formula is C24H29NO4. The summed E-state index contributed by atoms with van der Waals surface area (Å²) in [5, 5.41) is 0. The molecule has 2 aliphatic rings. The quantitative estimate of drug-likeness (QED) is 0.755. The van der Waals surface area contributed by atoms with Gasteiger partial charge in [-0.2, -0.15) is 0 Å². The zero-order chi connectivity index (χ0) is 20.2. The average molecular weight is 395 g/mol. The second-order valence-corrected chi connectivity index (χ2v) is 7.84. The van der Waals surface area contributed by atoms with Gasteiger partial charge in [0.05, 0.1) is 20.8 Å². The lowest BCUT2D eigenvalue weighted by Gasteiger charge is -2.28. The summed E-state index contributed by atoms with van der Waals surface area (Å²) in [5.41, 5.74) is 3.05. The zero-order valence-corrected chi connectivity index (χ0v) is 17.3. The van der Waals surface area contributed by atoms with E-state index in [1.165, 1.54) is 6.42 Å². The molecule has 154 valence electrons. The number of hydrogen-bond acceptors (Lipinski definition) is 4. The number of hydrogen-bond donors (Lipinski definition) is 0. The van der Waals surface area contributed by atoms with Crippen LogP contribution >= 0.6 is 0 Å². The van der Waals surface area contributed by atoms with Crippen LogP contribution in [0.4, 0.5) is 0 Å². The second-order valence-electron chi connectivity index (χ2n) is 7.84. The Morgan fingerprint density at radius 1 is 1.03 bits per heavy atom. The first-order valence-electron chi connectivity index (χ1n) is 10.5. The van der Waals surface area contributed by atoms with E-state index in [1.807, 2.05) is 35.2 Å². The van der Waals surface area contributed by atoms with Crippen molar-refractivity contribution >= 4 is 5.91 Å². The predicted molar refractivity (Wildman–Crippen MR) is 112 cm³/mol. The van der Waals surface area contributed by atoms with Crippen LogP contribution in [-0.4, -0.2) is 38.2 Å². The highest BCUT2D eigenvalue weighted by atomic mass is 16.5. The Morgan fingerprint density at radius 3 is 2.62 bits per heavy atom. The molecule has 29 heavy (non-hydrogen) atoms. The Balaban J connectivity index is 1.66. The zero-order valence-electron chi connectivity index (χ0n) is 17.3. The molecule has 0 N–H and O–H groups in total. The second kappa shape index (κ2) is 8.76. The van der Waals surface area contributed by atoms with E-state index in [0.717, 1.165) is 53.9 Å². The lowest BCUT2D eigenvalue weighted by atomic mass is 9.88.